The first kappa shape index (κ1) is 15.2. The van der Waals surface area contributed by atoms with Gasteiger partial charge in [0.1, 0.15) is 12.1 Å². The molecule has 25 heavy (non-hydrogen) atoms. The lowest BCUT2D eigenvalue weighted by atomic mass is 10.2. The summed E-state index contributed by atoms with van der Waals surface area (Å²) in [4.78, 5) is 20.4. The molecule has 1 amide bonds. The highest BCUT2D eigenvalue weighted by atomic mass is 19.1. The van der Waals surface area contributed by atoms with Crippen molar-refractivity contribution in [2.75, 3.05) is 6.54 Å². The molecular weight excluding hydrogens is 325 g/mol. The van der Waals surface area contributed by atoms with E-state index in [1.807, 2.05) is 6.20 Å². The highest BCUT2D eigenvalue weighted by molar-refractivity contribution is 6.04. The van der Waals surface area contributed by atoms with E-state index in [-0.39, 0.29) is 17.4 Å². The second-order valence-electron chi connectivity index (χ2n) is 5.59. The van der Waals surface area contributed by atoms with Gasteiger partial charge in [-0.05, 0) is 36.6 Å². The monoisotopic (exact) mass is 339 g/mol. The van der Waals surface area contributed by atoms with Crippen LogP contribution >= 0.6 is 0 Å². The number of fused-ring (bicyclic) bond motifs is 2. The summed E-state index contributed by atoms with van der Waals surface area (Å²) >= 11 is 0. The average Bonchev–Trinajstić information content (AvgIpc) is 3.24. The van der Waals surface area contributed by atoms with Crippen molar-refractivity contribution in [1.29, 1.82) is 0 Å². The molecule has 0 atom stereocenters. The Labute approximate surface area is 141 Å². The normalized spacial score (nSPS) is 11.2. The quantitative estimate of drug-likeness (QED) is 0.537. The predicted molar refractivity (Wildman–Crippen MR) is 87.5 cm³/mol. The van der Waals surface area contributed by atoms with E-state index in [0.717, 1.165) is 18.4 Å². The van der Waals surface area contributed by atoms with Crippen molar-refractivity contribution in [2.45, 2.75) is 12.8 Å². The minimum Gasteiger partial charge on any atom is -0.351 e. The van der Waals surface area contributed by atoms with Gasteiger partial charge in [-0.2, -0.15) is 15.2 Å². The van der Waals surface area contributed by atoms with E-state index in [0.29, 0.717) is 23.2 Å². The number of amides is 1. The number of rotatable bonds is 5. The van der Waals surface area contributed by atoms with Crippen molar-refractivity contribution in [1.82, 2.24) is 35.1 Å². The van der Waals surface area contributed by atoms with Crippen LogP contribution in [0.2, 0.25) is 0 Å². The SMILES string of the molecule is O=C(NCCCc1cnc2ncnn2c1)c1n[nH]c2cc(F)ccc12. The van der Waals surface area contributed by atoms with Gasteiger partial charge in [0, 0.05) is 24.3 Å². The molecule has 0 spiro atoms. The maximum absolute atomic E-state index is 13.2. The molecule has 0 unspecified atom stereocenters. The van der Waals surface area contributed by atoms with Gasteiger partial charge in [0.05, 0.1) is 5.52 Å². The van der Waals surface area contributed by atoms with Crippen molar-refractivity contribution >= 4 is 22.6 Å². The first-order valence-corrected chi connectivity index (χ1v) is 7.77. The maximum atomic E-state index is 13.2. The fourth-order valence-electron chi connectivity index (χ4n) is 2.63. The highest BCUT2D eigenvalue weighted by Gasteiger charge is 2.13. The lowest BCUT2D eigenvalue weighted by Crippen LogP contribution is -2.25. The molecule has 0 aliphatic heterocycles. The van der Waals surface area contributed by atoms with E-state index < -0.39 is 0 Å². The Hall–Kier alpha value is -3.36. The van der Waals surface area contributed by atoms with E-state index in [1.54, 1.807) is 16.8 Å². The number of nitrogens with one attached hydrogen (secondary N) is 2. The van der Waals surface area contributed by atoms with Crippen LogP contribution in [0.4, 0.5) is 4.39 Å². The highest BCUT2D eigenvalue weighted by Crippen LogP contribution is 2.16. The van der Waals surface area contributed by atoms with Crippen molar-refractivity contribution in [2.24, 2.45) is 0 Å². The van der Waals surface area contributed by atoms with Crippen LogP contribution in [-0.4, -0.2) is 42.2 Å². The number of carbonyl (C=O) groups excluding carboxylic acids is 1. The number of hydrogen-bond donors (Lipinski definition) is 2. The zero-order valence-corrected chi connectivity index (χ0v) is 13.1. The lowest BCUT2D eigenvalue weighted by Gasteiger charge is -2.04. The third-order valence-corrected chi connectivity index (χ3v) is 3.86. The van der Waals surface area contributed by atoms with E-state index in [1.165, 1.54) is 18.5 Å². The summed E-state index contributed by atoms with van der Waals surface area (Å²) < 4.78 is 14.8. The first-order valence-electron chi connectivity index (χ1n) is 7.77. The Kier molecular flexibility index (Phi) is 3.81. The fourth-order valence-corrected chi connectivity index (χ4v) is 2.63. The molecule has 2 N–H and O–H groups in total. The molecule has 0 aliphatic rings. The molecule has 0 saturated carbocycles. The standard InChI is InChI=1S/C16H14FN7O/c17-11-3-4-12-13(6-11)22-23-14(12)15(25)18-5-1-2-10-7-19-16-20-9-21-24(16)8-10/h3-4,6-9H,1-2,5H2,(H,18,25)(H,22,23). The summed E-state index contributed by atoms with van der Waals surface area (Å²) in [5.74, 6) is -0.109. The summed E-state index contributed by atoms with van der Waals surface area (Å²) in [7, 11) is 0. The van der Waals surface area contributed by atoms with E-state index in [4.69, 9.17) is 0 Å². The maximum Gasteiger partial charge on any atom is 0.272 e. The molecule has 4 aromatic rings. The minimum absolute atomic E-state index is 0.265. The number of aryl methyl sites for hydroxylation is 1. The lowest BCUT2D eigenvalue weighted by molar-refractivity contribution is 0.0950. The van der Waals surface area contributed by atoms with Gasteiger partial charge in [0.2, 0.25) is 0 Å². The third kappa shape index (κ3) is 3.03. The van der Waals surface area contributed by atoms with E-state index in [9.17, 15) is 9.18 Å². The number of halogens is 1. The Balaban J connectivity index is 1.35. The Morgan fingerprint density at radius 1 is 1.32 bits per heavy atom. The second-order valence-corrected chi connectivity index (χ2v) is 5.59. The Morgan fingerprint density at radius 3 is 3.16 bits per heavy atom. The second kappa shape index (κ2) is 6.27. The molecule has 0 bridgehead atoms. The van der Waals surface area contributed by atoms with Gasteiger partial charge in [0.15, 0.2) is 5.69 Å². The zero-order chi connectivity index (χ0) is 17.2. The van der Waals surface area contributed by atoms with Gasteiger partial charge >= 0.3 is 0 Å². The molecule has 0 fully saturated rings. The number of H-pyrrole nitrogens is 1. The van der Waals surface area contributed by atoms with Crippen LogP contribution in [0.15, 0.2) is 36.9 Å². The van der Waals surface area contributed by atoms with Crippen LogP contribution in [0.25, 0.3) is 16.7 Å². The number of hydrogen-bond acceptors (Lipinski definition) is 5. The van der Waals surface area contributed by atoms with Crippen molar-refractivity contribution < 1.29 is 9.18 Å². The predicted octanol–water partition coefficient (Wildman–Crippen LogP) is 1.50. The van der Waals surface area contributed by atoms with Gasteiger partial charge in [-0.3, -0.25) is 9.89 Å². The topological polar surface area (TPSA) is 101 Å². The molecule has 9 heteroatoms. The van der Waals surface area contributed by atoms with Crippen LogP contribution < -0.4 is 5.32 Å². The van der Waals surface area contributed by atoms with Gasteiger partial charge in [-0.25, -0.2) is 13.9 Å². The minimum atomic E-state index is -0.374. The van der Waals surface area contributed by atoms with E-state index in [2.05, 4.69) is 30.6 Å². The number of carbonyl (C=O) groups is 1. The molecule has 0 saturated heterocycles. The number of benzene rings is 1. The van der Waals surface area contributed by atoms with Crippen molar-refractivity contribution in [3.63, 3.8) is 0 Å². The first-order chi connectivity index (χ1) is 12.2. The summed E-state index contributed by atoms with van der Waals surface area (Å²) in [6, 6.07) is 4.16. The molecule has 0 radical (unpaired) electrons. The molecule has 1 aromatic carbocycles. The van der Waals surface area contributed by atoms with Crippen LogP contribution in [-0.2, 0) is 6.42 Å². The molecule has 4 rings (SSSR count). The van der Waals surface area contributed by atoms with Crippen LogP contribution in [0.5, 0.6) is 0 Å². The number of aromatic amines is 1. The molecule has 126 valence electrons. The molecule has 3 aromatic heterocycles. The third-order valence-electron chi connectivity index (χ3n) is 3.86. The van der Waals surface area contributed by atoms with Crippen molar-refractivity contribution in [3.05, 3.63) is 54.0 Å². The largest absolute Gasteiger partial charge is 0.351 e. The van der Waals surface area contributed by atoms with Gasteiger partial charge in [-0.1, -0.05) is 0 Å². The molecule has 8 nitrogen and oxygen atoms in total. The number of aromatic nitrogens is 6. The average molecular weight is 339 g/mol. The summed E-state index contributed by atoms with van der Waals surface area (Å²) in [6.45, 7) is 0.490. The fraction of sp³-hybridized carbons (Fsp3) is 0.188. The van der Waals surface area contributed by atoms with E-state index >= 15 is 0 Å². The molecule has 3 heterocycles. The summed E-state index contributed by atoms with van der Waals surface area (Å²) in [6.07, 6.45) is 6.56. The Bertz CT molecular complexity index is 1050. The van der Waals surface area contributed by atoms with Gasteiger partial charge in [-0.15, -0.1) is 0 Å². The van der Waals surface area contributed by atoms with Gasteiger partial charge in [0.25, 0.3) is 11.7 Å². The van der Waals surface area contributed by atoms with Crippen LogP contribution in [0.3, 0.4) is 0 Å². The Morgan fingerprint density at radius 2 is 2.24 bits per heavy atom. The number of nitrogens with zero attached hydrogens (tertiary/aromatic N) is 5. The summed E-state index contributed by atoms with van der Waals surface area (Å²) in [5, 5.41) is 14.1. The summed E-state index contributed by atoms with van der Waals surface area (Å²) in [5.41, 5.74) is 1.77. The van der Waals surface area contributed by atoms with Gasteiger partial charge < -0.3 is 5.32 Å². The smallest absolute Gasteiger partial charge is 0.272 e. The zero-order valence-electron chi connectivity index (χ0n) is 13.1. The molecular formula is C16H14FN7O. The molecule has 0 aliphatic carbocycles. The van der Waals surface area contributed by atoms with Crippen LogP contribution in [0, 0.1) is 5.82 Å². The van der Waals surface area contributed by atoms with Crippen LogP contribution in [0.1, 0.15) is 22.5 Å². The van der Waals surface area contributed by atoms with Crippen molar-refractivity contribution in [3.8, 4) is 0 Å².